The lowest BCUT2D eigenvalue weighted by atomic mass is 10.5. The molecule has 0 bridgehead atoms. The Balaban J connectivity index is 2.44. The predicted octanol–water partition coefficient (Wildman–Crippen LogP) is 0.205. The van der Waals surface area contributed by atoms with Gasteiger partial charge in [-0.15, -0.1) is 0 Å². The first-order valence-electron chi connectivity index (χ1n) is 1.93. The number of hydrogen-bond donors (Lipinski definition) is 1. The van der Waals surface area contributed by atoms with Crippen LogP contribution in [0.4, 0.5) is 0 Å². The molecule has 1 unspecified atom stereocenters. The SMILES string of the molecule is CC1O/C1=C\N. The van der Waals surface area contributed by atoms with Crippen LogP contribution in [0.15, 0.2) is 12.0 Å². The van der Waals surface area contributed by atoms with E-state index in [4.69, 9.17) is 10.5 Å². The zero-order chi connectivity index (χ0) is 4.57. The molecule has 1 aliphatic heterocycles. The highest BCUT2D eigenvalue weighted by molar-refractivity contribution is 5.09. The van der Waals surface area contributed by atoms with Crippen LogP contribution in [0.2, 0.25) is 0 Å². The minimum Gasteiger partial charge on any atom is -0.482 e. The highest BCUT2D eigenvalue weighted by atomic mass is 16.6. The summed E-state index contributed by atoms with van der Waals surface area (Å²) in [5.74, 6) is 0.912. The molecule has 1 heterocycles. The van der Waals surface area contributed by atoms with E-state index in [1.54, 1.807) is 0 Å². The molecule has 0 aliphatic carbocycles. The van der Waals surface area contributed by atoms with Crippen molar-refractivity contribution in [3.05, 3.63) is 12.0 Å². The van der Waals surface area contributed by atoms with Gasteiger partial charge in [0.15, 0.2) is 11.9 Å². The zero-order valence-electron chi connectivity index (χ0n) is 3.64. The molecule has 1 aliphatic rings. The Hall–Kier alpha value is -0.660. The summed E-state index contributed by atoms with van der Waals surface area (Å²) in [5.41, 5.74) is 5.04. The van der Waals surface area contributed by atoms with Crippen LogP contribution in [0.1, 0.15) is 6.92 Å². The van der Waals surface area contributed by atoms with Crippen molar-refractivity contribution in [1.82, 2.24) is 0 Å². The summed E-state index contributed by atoms with van der Waals surface area (Å²) in [6.07, 6.45) is 1.79. The van der Waals surface area contributed by atoms with Crippen molar-refractivity contribution in [3.63, 3.8) is 0 Å². The Morgan fingerprint density at radius 2 is 2.50 bits per heavy atom. The molecule has 1 rings (SSSR count). The van der Waals surface area contributed by atoms with Gasteiger partial charge in [0.1, 0.15) is 0 Å². The summed E-state index contributed by atoms with van der Waals surface area (Å²) >= 11 is 0. The van der Waals surface area contributed by atoms with Gasteiger partial charge in [-0.2, -0.15) is 0 Å². The first-order valence-corrected chi connectivity index (χ1v) is 1.93. The third-order valence-electron chi connectivity index (χ3n) is 0.821. The monoisotopic (exact) mass is 85.1 g/mol. The van der Waals surface area contributed by atoms with E-state index in [2.05, 4.69) is 0 Å². The van der Waals surface area contributed by atoms with E-state index in [0.29, 0.717) is 6.10 Å². The quantitative estimate of drug-likeness (QED) is 0.427. The second-order valence-electron chi connectivity index (χ2n) is 1.33. The largest absolute Gasteiger partial charge is 0.482 e. The Morgan fingerprint density at radius 1 is 2.00 bits per heavy atom. The Bertz CT molecular complexity index is 87.5. The highest BCUT2D eigenvalue weighted by Gasteiger charge is 2.25. The van der Waals surface area contributed by atoms with Crippen LogP contribution in [0, 0.1) is 0 Å². The van der Waals surface area contributed by atoms with Crippen LogP contribution in [0.5, 0.6) is 0 Å². The van der Waals surface area contributed by atoms with Crippen molar-refractivity contribution in [2.45, 2.75) is 13.0 Å². The molecule has 0 spiro atoms. The van der Waals surface area contributed by atoms with Gasteiger partial charge in [0.2, 0.25) is 0 Å². The molecule has 0 aromatic heterocycles. The number of epoxide rings is 1. The van der Waals surface area contributed by atoms with Gasteiger partial charge in [-0.3, -0.25) is 0 Å². The van der Waals surface area contributed by atoms with Gasteiger partial charge < -0.3 is 10.5 Å². The Labute approximate surface area is 36.6 Å². The first-order chi connectivity index (χ1) is 2.84. The second-order valence-corrected chi connectivity index (χ2v) is 1.33. The van der Waals surface area contributed by atoms with Gasteiger partial charge >= 0.3 is 0 Å². The molecule has 0 aromatic rings. The maximum atomic E-state index is 5.04. The van der Waals surface area contributed by atoms with Gasteiger partial charge in [-0.1, -0.05) is 0 Å². The molecule has 2 nitrogen and oxygen atoms in total. The molecule has 2 heteroatoms. The van der Waals surface area contributed by atoms with Crippen LogP contribution < -0.4 is 5.73 Å². The molecule has 0 amide bonds. The van der Waals surface area contributed by atoms with E-state index in [0.717, 1.165) is 5.76 Å². The standard InChI is InChI=1S/C4H7NO/c1-3-4(2-5)6-3/h2-3H,5H2,1H3/b4-2-. The third kappa shape index (κ3) is 0.339. The maximum Gasteiger partial charge on any atom is 0.154 e. The molecular formula is C4H7NO. The molecule has 0 saturated carbocycles. The number of rotatable bonds is 0. The normalized spacial score (nSPS) is 36.2. The molecule has 0 aromatic carbocycles. The summed E-state index contributed by atoms with van der Waals surface area (Å²) in [4.78, 5) is 0. The summed E-state index contributed by atoms with van der Waals surface area (Å²) in [6.45, 7) is 1.96. The van der Waals surface area contributed by atoms with E-state index < -0.39 is 0 Å². The second kappa shape index (κ2) is 0.899. The summed E-state index contributed by atoms with van der Waals surface area (Å²) in [5, 5.41) is 0. The number of hydrogen-bond acceptors (Lipinski definition) is 2. The van der Waals surface area contributed by atoms with E-state index in [1.165, 1.54) is 6.20 Å². The third-order valence-corrected chi connectivity index (χ3v) is 0.821. The summed E-state index contributed by atoms with van der Waals surface area (Å²) in [7, 11) is 0. The van der Waals surface area contributed by atoms with Crippen LogP contribution in [0.25, 0.3) is 0 Å². The Morgan fingerprint density at radius 3 is 2.50 bits per heavy atom. The predicted molar refractivity (Wildman–Crippen MR) is 22.8 cm³/mol. The minimum atomic E-state index is 0.301. The van der Waals surface area contributed by atoms with Crippen LogP contribution in [-0.2, 0) is 4.74 Å². The zero-order valence-corrected chi connectivity index (χ0v) is 3.64. The first kappa shape index (κ1) is 3.53. The molecule has 1 saturated heterocycles. The fourth-order valence-electron chi connectivity index (χ4n) is 0.345. The van der Waals surface area contributed by atoms with Crippen molar-refractivity contribution in [2.24, 2.45) is 5.73 Å². The van der Waals surface area contributed by atoms with E-state index >= 15 is 0 Å². The van der Waals surface area contributed by atoms with Crippen LogP contribution in [-0.4, -0.2) is 6.10 Å². The number of ether oxygens (including phenoxy) is 1. The molecular weight excluding hydrogens is 78.0 g/mol. The van der Waals surface area contributed by atoms with E-state index in [-0.39, 0.29) is 0 Å². The lowest BCUT2D eigenvalue weighted by Gasteiger charge is -1.54. The molecule has 0 radical (unpaired) electrons. The van der Waals surface area contributed by atoms with Crippen molar-refractivity contribution in [2.75, 3.05) is 0 Å². The highest BCUT2D eigenvalue weighted by Crippen LogP contribution is 2.23. The van der Waals surface area contributed by atoms with Crippen LogP contribution >= 0.6 is 0 Å². The lowest BCUT2D eigenvalue weighted by Crippen LogP contribution is -1.75. The smallest absolute Gasteiger partial charge is 0.154 e. The van der Waals surface area contributed by atoms with Crippen molar-refractivity contribution >= 4 is 0 Å². The van der Waals surface area contributed by atoms with Crippen molar-refractivity contribution in [3.8, 4) is 0 Å². The Kier molecular flexibility index (Phi) is 0.528. The average Bonchev–Trinajstić information content (AvgIpc) is 2.19. The van der Waals surface area contributed by atoms with Gasteiger partial charge in [-0.05, 0) is 6.92 Å². The van der Waals surface area contributed by atoms with Gasteiger partial charge in [0, 0.05) is 6.20 Å². The van der Waals surface area contributed by atoms with Crippen molar-refractivity contribution < 1.29 is 4.74 Å². The fraction of sp³-hybridized carbons (Fsp3) is 0.500. The molecule has 6 heavy (non-hydrogen) atoms. The molecule has 34 valence electrons. The lowest BCUT2D eigenvalue weighted by molar-refractivity contribution is 0.445. The molecule has 2 N–H and O–H groups in total. The minimum absolute atomic E-state index is 0.301. The van der Waals surface area contributed by atoms with Crippen LogP contribution in [0.3, 0.4) is 0 Å². The summed E-state index contributed by atoms with van der Waals surface area (Å²) in [6, 6.07) is 0. The van der Waals surface area contributed by atoms with Gasteiger partial charge in [-0.25, -0.2) is 0 Å². The van der Waals surface area contributed by atoms with Gasteiger partial charge in [0.05, 0.1) is 0 Å². The topological polar surface area (TPSA) is 38.5 Å². The van der Waals surface area contributed by atoms with E-state index in [1.807, 2.05) is 6.92 Å². The maximum absolute atomic E-state index is 5.04. The van der Waals surface area contributed by atoms with E-state index in [9.17, 15) is 0 Å². The fourth-order valence-corrected chi connectivity index (χ4v) is 0.345. The average molecular weight is 85.1 g/mol. The number of nitrogens with two attached hydrogens (primary N) is 1. The molecule has 1 fully saturated rings. The van der Waals surface area contributed by atoms with Gasteiger partial charge in [0.25, 0.3) is 0 Å². The van der Waals surface area contributed by atoms with Crippen molar-refractivity contribution in [1.29, 1.82) is 0 Å². The summed E-state index contributed by atoms with van der Waals surface area (Å²) < 4.78 is 4.80. The molecule has 1 atom stereocenters.